The van der Waals surface area contributed by atoms with Crippen LogP contribution < -0.4 is 4.74 Å². The quantitative estimate of drug-likeness (QED) is 0.697. The first-order chi connectivity index (χ1) is 8.26. The highest BCUT2D eigenvalue weighted by Gasteiger charge is 2.04. The van der Waals surface area contributed by atoms with Crippen molar-refractivity contribution in [3.8, 4) is 5.75 Å². The Morgan fingerprint density at radius 1 is 1.29 bits per heavy atom. The van der Waals surface area contributed by atoms with Gasteiger partial charge in [0.2, 0.25) is 0 Å². The Balaban J connectivity index is 2.42. The van der Waals surface area contributed by atoms with Crippen molar-refractivity contribution in [3.63, 3.8) is 0 Å². The molecule has 0 aromatic heterocycles. The fraction of sp³-hybridized carbons (Fsp3) is 0.267. The van der Waals surface area contributed by atoms with Gasteiger partial charge in [-0.15, -0.1) is 13.2 Å². The molecule has 1 atom stereocenters. The van der Waals surface area contributed by atoms with E-state index in [1.54, 1.807) is 12.5 Å². The second kappa shape index (κ2) is 7.69. The van der Waals surface area contributed by atoms with Gasteiger partial charge in [-0.25, -0.2) is 0 Å². The molecule has 1 aromatic carbocycles. The van der Waals surface area contributed by atoms with Crippen LogP contribution in [-0.4, -0.2) is 17.8 Å². The molecule has 1 radical (unpaired) electrons. The summed E-state index contributed by atoms with van der Waals surface area (Å²) < 4.78 is 5.50. The summed E-state index contributed by atoms with van der Waals surface area (Å²) in [5.74, 6) is 0.774. The minimum Gasteiger partial charge on any atom is -0.491 e. The average molecular weight is 231 g/mol. The third-order valence-corrected chi connectivity index (χ3v) is 2.27. The number of ether oxygens (including phenoxy) is 1. The van der Waals surface area contributed by atoms with Gasteiger partial charge in [-0.2, -0.15) is 0 Å². The fourth-order valence-electron chi connectivity index (χ4n) is 1.43. The molecular formula is C15H19O2. The number of aliphatic hydroxyl groups excluding tert-OH is 1. The third kappa shape index (κ3) is 5.36. The van der Waals surface area contributed by atoms with Crippen LogP contribution in [0.1, 0.15) is 12.0 Å². The molecule has 0 spiro atoms. The second-order valence-electron chi connectivity index (χ2n) is 3.78. The minimum absolute atomic E-state index is 0.269. The topological polar surface area (TPSA) is 29.5 Å². The van der Waals surface area contributed by atoms with Crippen molar-refractivity contribution in [2.75, 3.05) is 6.61 Å². The standard InChI is InChI=1S/C15H19O2/c1-3-5-9-14(16)12-17-15-10-6-8-13(11-15)7-4-2/h3-4,6,8-11,14,16H,1-2,5,7,12H2. The van der Waals surface area contributed by atoms with E-state index >= 15 is 0 Å². The summed E-state index contributed by atoms with van der Waals surface area (Å²) in [6.45, 7) is 7.56. The number of aliphatic hydroxyl groups is 1. The molecule has 0 saturated carbocycles. The molecule has 0 fully saturated rings. The molecule has 1 N–H and O–H groups in total. The maximum absolute atomic E-state index is 9.57. The maximum atomic E-state index is 9.57. The van der Waals surface area contributed by atoms with E-state index < -0.39 is 6.10 Å². The summed E-state index contributed by atoms with van der Waals surface area (Å²) in [6, 6.07) is 7.80. The molecule has 1 rings (SSSR count). The lowest BCUT2D eigenvalue weighted by atomic mass is 10.1. The van der Waals surface area contributed by atoms with Crippen LogP contribution in [0.4, 0.5) is 0 Å². The van der Waals surface area contributed by atoms with Gasteiger partial charge >= 0.3 is 0 Å². The lowest BCUT2D eigenvalue weighted by molar-refractivity contribution is 0.131. The second-order valence-corrected chi connectivity index (χ2v) is 3.78. The number of hydrogen-bond donors (Lipinski definition) is 1. The maximum Gasteiger partial charge on any atom is 0.119 e. The van der Waals surface area contributed by atoms with Crippen LogP contribution in [0.2, 0.25) is 0 Å². The smallest absolute Gasteiger partial charge is 0.119 e. The Morgan fingerprint density at radius 3 is 2.82 bits per heavy atom. The van der Waals surface area contributed by atoms with Gasteiger partial charge in [0.05, 0.1) is 6.10 Å². The highest BCUT2D eigenvalue weighted by atomic mass is 16.5. The van der Waals surface area contributed by atoms with E-state index in [1.165, 1.54) is 0 Å². The van der Waals surface area contributed by atoms with Crippen LogP contribution in [0.5, 0.6) is 5.75 Å². The molecule has 0 heterocycles. The van der Waals surface area contributed by atoms with Crippen LogP contribution in [0.25, 0.3) is 0 Å². The largest absolute Gasteiger partial charge is 0.491 e. The summed E-state index contributed by atoms with van der Waals surface area (Å²) >= 11 is 0. The number of benzene rings is 1. The molecule has 0 aliphatic rings. The highest BCUT2D eigenvalue weighted by Crippen LogP contribution is 2.14. The Labute approximate surface area is 103 Å². The molecule has 0 aliphatic carbocycles. The normalized spacial score (nSPS) is 11.8. The van der Waals surface area contributed by atoms with Crippen molar-refractivity contribution in [1.29, 1.82) is 0 Å². The van der Waals surface area contributed by atoms with E-state index in [4.69, 9.17) is 4.74 Å². The van der Waals surface area contributed by atoms with Gasteiger partial charge < -0.3 is 9.84 Å². The molecule has 2 heteroatoms. The summed E-state index contributed by atoms with van der Waals surface area (Å²) in [7, 11) is 0. The van der Waals surface area contributed by atoms with E-state index in [0.29, 0.717) is 6.42 Å². The predicted molar refractivity (Wildman–Crippen MR) is 71.0 cm³/mol. The Morgan fingerprint density at radius 2 is 2.12 bits per heavy atom. The van der Waals surface area contributed by atoms with Crippen molar-refractivity contribution in [1.82, 2.24) is 0 Å². The molecule has 0 aliphatic heterocycles. The number of allylic oxidation sites excluding steroid dienone is 2. The van der Waals surface area contributed by atoms with E-state index in [0.717, 1.165) is 17.7 Å². The Hall–Kier alpha value is -1.54. The predicted octanol–water partition coefficient (Wildman–Crippen LogP) is 2.94. The Kier molecular flexibility index (Phi) is 6.12. The summed E-state index contributed by atoms with van der Waals surface area (Å²) in [6.07, 6.45) is 6.31. The molecular weight excluding hydrogens is 212 g/mol. The number of hydrogen-bond acceptors (Lipinski definition) is 2. The summed E-state index contributed by atoms with van der Waals surface area (Å²) in [5.41, 5.74) is 1.15. The first-order valence-corrected chi connectivity index (χ1v) is 5.71. The zero-order valence-electron chi connectivity index (χ0n) is 10.0. The minimum atomic E-state index is -0.559. The van der Waals surface area contributed by atoms with Crippen LogP contribution >= 0.6 is 0 Å². The van der Waals surface area contributed by atoms with Crippen LogP contribution in [0.3, 0.4) is 0 Å². The van der Waals surface area contributed by atoms with Gasteiger partial charge in [-0.3, -0.25) is 0 Å². The SMILES string of the molecule is C=CC[CH]C(O)COc1cccc(CC=C)c1. The summed E-state index contributed by atoms with van der Waals surface area (Å²) in [5, 5.41) is 9.57. The van der Waals surface area contributed by atoms with E-state index in [2.05, 4.69) is 13.2 Å². The molecule has 2 nitrogen and oxygen atoms in total. The Bertz CT molecular complexity index is 358. The van der Waals surface area contributed by atoms with Crippen molar-refractivity contribution in [2.24, 2.45) is 0 Å². The van der Waals surface area contributed by atoms with Gasteiger partial charge in [-0.1, -0.05) is 24.3 Å². The van der Waals surface area contributed by atoms with Crippen LogP contribution in [-0.2, 0) is 6.42 Å². The molecule has 1 aromatic rings. The first kappa shape index (κ1) is 13.5. The summed E-state index contributed by atoms with van der Waals surface area (Å²) in [4.78, 5) is 0. The monoisotopic (exact) mass is 231 g/mol. The van der Waals surface area contributed by atoms with Gasteiger partial charge in [0.1, 0.15) is 12.4 Å². The van der Waals surface area contributed by atoms with Gasteiger partial charge in [0.15, 0.2) is 0 Å². The highest BCUT2D eigenvalue weighted by molar-refractivity contribution is 5.29. The zero-order chi connectivity index (χ0) is 12.5. The average Bonchev–Trinajstić information content (AvgIpc) is 2.35. The molecule has 0 amide bonds. The fourth-order valence-corrected chi connectivity index (χ4v) is 1.43. The van der Waals surface area contributed by atoms with Gasteiger partial charge in [0.25, 0.3) is 0 Å². The molecule has 0 saturated heterocycles. The lowest BCUT2D eigenvalue weighted by Gasteiger charge is -2.11. The molecule has 17 heavy (non-hydrogen) atoms. The van der Waals surface area contributed by atoms with Crippen molar-refractivity contribution < 1.29 is 9.84 Å². The first-order valence-electron chi connectivity index (χ1n) is 5.71. The number of rotatable bonds is 8. The molecule has 91 valence electrons. The van der Waals surface area contributed by atoms with Crippen molar-refractivity contribution in [3.05, 3.63) is 61.6 Å². The van der Waals surface area contributed by atoms with Gasteiger partial charge in [0, 0.05) is 0 Å². The van der Waals surface area contributed by atoms with Crippen LogP contribution in [0, 0.1) is 6.42 Å². The van der Waals surface area contributed by atoms with E-state index in [9.17, 15) is 5.11 Å². The molecule has 0 bridgehead atoms. The third-order valence-electron chi connectivity index (χ3n) is 2.27. The van der Waals surface area contributed by atoms with E-state index in [1.807, 2.05) is 30.3 Å². The van der Waals surface area contributed by atoms with Crippen molar-refractivity contribution in [2.45, 2.75) is 18.9 Å². The van der Waals surface area contributed by atoms with Gasteiger partial charge in [-0.05, 0) is 37.0 Å². The lowest BCUT2D eigenvalue weighted by Crippen LogP contribution is -2.17. The van der Waals surface area contributed by atoms with E-state index in [-0.39, 0.29) is 6.61 Å². The molecule has 1 unspecified atom stereocenters. The van der Waals surface area contributed by atoms with Crippen molar-refractivity contribution >= 4 is 0 Å². The zero-order valence-corrected chi connectivity index (χ0v) is 10.0. The van der Waals surface area contributed by atoms with Crippen LogP contribution in [0.15, 0.2) is 49.6 Å².